The number of halogens is 1. The first-order valence-electron chi connectivity index (χ1n) is 6.24. The van der Waals surface area contributed by atoms with Gasteiger partial charge in [0.1, 0.15) is 0 Å². The fourth-order valence-electron chi connectivity index (χ4n) is 1.84. The van der Waals surface area contributed by atoms with Crippen molar-refractivity contribution >= 4 is 27.5 Å². The first kappa shape index (κ1) is 13.8. The maximum Gasteiger partial charge on any atom is 0.226 e. The Kier molecular flexibility index (Phi) is 4.74. The molecule has 0 aliphatic carbocycles. The highest BCUT2D eigenvalue weighted by molar-refractivity contribution is 9.10. The third-order valence-electron chi connectivity index (χ3n) is 2.85. The van der Waals surface area contributed by atoms with Crippen LogP contribution in [0.15, 0.2) is 41.1 Å². The zero-order chi connectivity index (χ0) is 13.7. The zero-order valence-corrected chi connectivity index (χ0v) is 12.4. The number of nitrogens with one attached hydrogen (secondary N) is 1. The van der Waals surface area contributed by atoms with E-state index in [0.29, 0.717) is 13.0 Å². The lowest BCUT2D eigenvalue weighted by molar-refractivity contribution is -0.116. The predicted molar refractivity (Wildman–Crippen MR) is 79.0 cm³/mol. The lowest BCUT2D eigenvalue weighted by Crippen LogP contribution is -2.15. The Balaban J connectivity index is 1.95. The van der Waals surface area contributed by atoms with E-state index in [1.807, 2.05) is 30.5 Å². The summed E-state index contributed by atoms with van der Waals surface area (Å²) in [6, 6.07) is 7.74. The molecule has 0 saturated heterocycles. The Labute approximate surface area is 120 Å². The van der Waals surface area contributed by atoms with Gasteiger partial charge in [-0.25, -0.2) is 0 Å². The van der Waals surface area contributed by atoms with Crippen molar-refractivity contribution in [1.82, 2.24) is 9.78 Å². The largest absolute Gasteiger partial charge is 0.326 e. The first-order valence-corrected chi connectivity index (χ1v) is 7.04. The van der Waals surface area contributed by atoms with Gasteiger partial charge in [0.05, 0.1) is 0 Å². The van der Waals surface area contributed by atoms with E-state index in [1.165, 1.54) is 0 Å². The Bertz CT molecular complexity index is 552. The number of aryl methyl sites for hydroxylation is 2. The molecule has 1 aromatic heterocycles. The Morgan fingerprint density at radius 3 is 3.00 bits per heavy atom. The van der Waals surface area contributed by atoms with Gasteiger partial charge in [0.2, 0.25) is 5.91 Å². The maximum atomic E-state index is 11.9. The van der Waals surface area contributed by atoms with Crippen LogP contribution < -0.4 is 5.32 Å². The molecule has 0 bridgehead atoms. The predicted octanol–water partition coefficient (Wildman–Crippen LogP) is 3.24. The molecule has 5 heteroatoms. The molecular formula is C14H16BrN3O. The average molecular weight is 322 g/mol. The minimum atomic E-state index is 0.00697. The van der Waals surface area contributed by atoms with E-state index < -0.39 is 0 Å². The number of carbonyl (C=O) groups excluding carboxylic acids is 1. The number of aromatic nitrogens is 2. The van der Waals surface area contributed by atoms with Crippen molar-refractivity contribution in [3.63, 3.8) is 0 Å². The highest BCUT2D eigenvalue weighted by Crippen LogP contribution is 2.21. The summed E-state index contributed by atoms with van der Waals surface area (Å²) in [5, 5.41) is 7.02. The molecule has 0 fully saturated rings. The van der Waals surface area contributed by atoms with Crippen molar-refractivity contribution < 1.29 is 4.79 Å². The van der Waals surface area contributed by atoms with Crippen molar-refractivity contribution in [3.05, 3.63) is 46.7 Å². The lowest BCUT2D eigenvalue weighted by Gasteiger charge is -2.10. The van der Waals surface area contributed by atoms with Crippen LogP contribution in [-0.2, 0) is 17.8 Å². The van der Waals surface area contributed by atoms with E-state index in [0.717, 1.165) is 22.1 Å². The van der Waals surface area contributed by atoms with Crippen LogP contribution in [0.2, 0.25) is 0 Å². The van der Waals surface area contributed by atoms with Crippen molar-refractivity contribution in [1.29, 1.82) is 0 Å². The van der Waals surface area contributed by atoms with Crippen LogP contribution in [0, 0.1) is 0 Å². The van der Waals surface area contributed by atoms with Crippen LogP contribution in [0.5, 0.6) is 0 Å². The summed E-state index contributed by atoms with van der Waals surface area (Å²) in [4.78, 5) is 11.9. The Morgan fingerprint density at radius 2 is 2.32 bits per heavy atom. The molecular weight excluding hydrogens is 306 g/mol. The molecule has 0 atom stereocenters. The molecule has 0 spiro atoms. The highest BCUT2D eigenvalue weighted by atomic mass is 79.9. The molecule has 2 aromatic rings. The Hall–Kier alpha value is -1.62. The number of nitrogens with zero attached hydrogens (tertiary/aromatic N) is 2. The molecule has 19 heavy (non-hydrogen) atoms. The maximum absolute atomic E-state index is 11.9. The van der Waals surface area contributed by atoms with Gasteiger partial charge in [0.15, 0.2) is 0 Å². The molecule has 0 aliphatic heterocycles. The monoisotopic (exact) mass is 321 g/mol. The third kappa shape index (κ3) is 3.92. The van der Waals surface area contributed by atoms with Crippen LogP contribution in [0.3, 0.4) is 0 Å². The summed E-state index contributed by atoms with van der Waals surface area (Å²) in [5.74, 6) is 0.00697. The molecule has 1 aromatic carbocycles. The smallest absolute Gasteiger partial charge is 0.226 e. The molecule has 4 nitrogen and oxygen atoms in total. The molecule has 100 valence electrons. The second-order valence-electron chi connectivity index (χ2n) is 4.22. The van der Waals surface area contributed by atoms with Crippen LogP contribution in [0.4, 0.5) is 5.69 Å². The summed E-state index contributed by atoms with van der Waals surface area (Å²) in [6.07, 6.45) is 4.86. The van der Waals surface area contributed by atoms with Crippen molar-refractivity contribution in [2.75, 3.05) is 5.32 Å². The lowest BCUT2D eigenvalue weighted by atomic mass is 10.1. The van der Waals surface area contributed by atoms with Crippen molar-refractivity contribution in [2.45, 2.75) is 26.3 Å². The normalized spacial score (nSPS) is 10.4. The quantitative estimate of drug-likeness (QED) is 0.919. The van der Waals surface area contributed by atoms with Gasteiger partial charge < -0.3 is 5.32 Å². The van der Waals surface area contributed by atoms with Gasteiger partial charge in [-0.3, -0.25) is 9.48 Å². The van der Waals surface area contributed by atoms with Crippen LogP contribution >= 0.6 is 15.9 Å². The van der Waals surface area contributed by atoms with Crippen LogP contribution in [0.1, 0.15) is 18.9 Å². The molecule has 1 N–H and O–H groups in total. The zero-order valence-electron chi connectivity index (χ0n) is 10.8. The van der Waals surface area contributed by atoms with Crippen LogP contribution in [0.25, 0.3) is 0 Å². The van der Waals surface area contributed by atoms with Gasteiger partial charge in [0.25, 0.3) is 0 Å². The van der Waals surface area contributed by atoms with Gasteiger partial charge in [-0.1, -0.05) is 22.9 Å². The van der Waals surface area contributed by atoms with Crippen LogP contribution in [-0.4, -0.2) is 15.7 Å². The van der Waals surface area contributed by atoms with Crippen molar-refractivity contribution in [3.8, 4) is 0 Å². The van der Waals surface area contributed by atoms with E-state index in [-0.39, 0.29) is 5.91 Å². The standard InChI is InChI=1S/C14H16BrN3O/c1-2-11-10-12(15)4-5-13(11)17-14(19)6-9-18-8-3-7-16-18/h3-5,7-8,10H,2,6,9H2,1H3,(H,17,19). The number of carbonyl (C=O) groups is 1. The van der Waals surface area contributed by atoms with Crippen molar-refractivity contribution in [2.24, 2.45) is 0 Å². The van der Waals surface area contributed by atoms with Gasteiger partial charge in [-0.15, -0.1) is 0 Å². The van der Waals surface area contributed by atoms with Gasteiger partial charge in [-0.05, 0) is 36.2 Å². The summed E-state index contributed by atoms with van der Waals surface area (Å²) < 4.78 is 2.78. The first-order chi connectivity index (χ1) is 9.19. The second-order valence-corrected chi connectivity index (χ2v) is 5.14. The van der Waals surface area contributed by atoms with E-state index in [2.05, 4.69) is 33.3 Å². The number of hydrogen-bond acceptors (Lipinski definition) is 2. The number of benzene rings is 1. The fraction of sp³-hybridized carbons (Fsp3) is 0.286. The third-order valence-corrected chi connectivity index (χ3v) is 3.34. The average Bonchev–Trinajstić information content (AvgIpc) is 2.91. The molecule has 1 amide bonds. The molecule has 0 unspecified atom stereocenters. The van der Waals surface area contributed by atoms with Gasteiger partial charge in [0, 0.05) is 35.5 Å². The summed E-state index contributed by atoms with van der Waals surface area (Å²) >= 11 is 3.44. The fourth-order valence-corrected chi connectivity index (χ4v) is 2.25. The Morgan fingerprint density at radius 1 is 1.47 bits per heavy atom. The molecule has 0 radical (unpaired) electrons. The number of anilines is 1. The molecule has 1 heterocycles. The number of rotatable bonds is 5. The van der Waals surface area contributed by atoms with E-state index in [1.54, 1.807) is 10.9 Å². The van der Waals surface area contributed by atoms with E-state index >= 15 is 0 Å². The summed E-state index contributed by atoms with van der Waals surface area (Å²) in [5.41, 5.74) is 2.01. The van der Waals surface area contributed by atoms with E-state index in [9.17, 15) is 4.79 Å². The topological polar surface area (TPSA) is 46.9 Å². The molecule has 0 saturated carbocycles. The summed E-state index contributed by atoms with van der Waals surface area (Å²) in [7, 11) is 0. The minimum Gasteiger partial charge on any atom is -0.326 e. The SMILES string of the molecule is CCc1cc(Br)ccc1NC(=O)CCn1cccn1. The summed E-state index contributed by atoms with van der Waals surface area (Å²) in [6.45, 7) is 2.66. The van der Waals surface area contributed by atoms with E-state index in [4.69, 9.17) is 0 Å². The number of amides is 1. The number of hydrogen-bond donors (Lipinski definition) is 1. The highest BCUT2D eigenvalue weighted by Gasteiger charge is 2.06. The second kappa shape index (κ2) is 6.52. The minimum absolute atomic E-state index is 0.00697. The molecule has 2 rings (SSSR count). The van der Waals surface area contributed by atoms with Gasteiger partial charge >= 0.3 is 0 Å². The van der Waals surface area contributed by atoms with Gasteiger partial charge in [-0.2, -0.15) is 5.10 Å². The molecule has 0 aliphatic rings.